The van der Waals surface area contributed by atoms with Crippen LogP contribution in [-0.4, -0.2) is 34.4 Å². The van der Waals surface area contributed by atoms with Crippen molar-refractivity contribution in [3.05, 3.63) is 23.8 Å². The number of allylic oxidation sites excluding steroid dienone is 4. The predicted molar refractivity (Wildman–Crippen MR) is 68.3 cm³/mol. The number of amides is 2. The van der Waals surface area contributed by atoms with Crippen LogP contribution >= 0.6 is 0 Å². The molecule has 1 fully saturated rings. The summed E-state index contributed by atoms with van der Waals surface area (Å²) in [6.07, 6.45) is 4.11. The van der Waals surface area contributed by atoms with Crippen LogP contribution in [0, 0.1) is 0 Å². The Hall–Kier alpha value is -2.57. The van der Waals surface area contributed by atoms with E-state index in [9.17, 15) is 24.0 Å². The van der Waals surface area contributed by atoms with Gasteiger partial charge in [-0.3, -0.25) is 19.2 Å². The van der Waals surface area contributed by atoms with Crippen LogP contribution in [0.1, 0.15) is 32.1 Å². The molecule has 2 rings (SSSR count). The van der Waals surface area contributed by atoms with Gasteiger partial charge in [-0.05, 0) is 18.6 Å². The molecule has 0 aromatic heterocycles. The quantitative estimate of drug-likeness (QED) is 0.549. The lowest BCUT2D eigenvalue weighted by atomic mass is 9.97. The molecular weight excluding hydrogens is 278 g/mol. The SMILES string of the molecule is O=C1C=CC(=O)/C(=C\CCC(=O)ON2C(=O)CCC2=O)C1. The third-order valence-electron chi connectivity index (χ3n) is 3.04. The molecule has 0 aromatic carbocycles. The number of nitrogens with zero attached hydrogens (tertiary/aromatic N) is 1. The van der Waals surface area contributed by atoms with Gasteiger partial charge in [-0.2, -0.15) is 0 Å². The van der Waals surface area contributed by atoms with Crippen molar-refractivity contribution in [3.63, 3.8) is 0 Å². The summed E-state index contributed by atoms with van der Waals surface area (Å²) in [5.41, 5.74) is 0.337. The van der Waals surface area contributed by atoms with Gasteiger partial charge in [0.2, 0.25) is 0 Å². The van der Waals surface area contributed by atoms with Gasteiger partial charge in [0.25, 0.3) is 11.8 Å². The number of hydroxylamine groups is 2. The zero-order valence-corrected chi connectivity index (χ0v) is 11.2. The first-order chi connectivity index (χ1) is 9.97. The highest BCUT2D eigenvalue weighted by Gasteiger charge is 2.32. The van der Waals surface area contributed by atoms with Gasteiger partial charge in [0.15, 0.2) is 11.6 Å². The van der Waals surface area contributed by atoms with Crippen LogP contribution < -0.4 is 0 Å². The van der Waals surface area contributed by atoms with E-state index in [1.807, 2.05) is 0 Å². The molecule has 0 unspecified atom stereocenters. The molecule has 21 heavy (non-hydrogen) atoms. The van der Waals surface area contributed by atoms with Crippen molar-refractivity contribution in [1.29, 1.82) is 0 Å². The summed E-state index contributed by atoms with van der Waals surface area (Å²) in [6, 6.07) is 0. The van der Waals surface area contributed by atoms with Gasteiger partial charge in [-0.1, -0.05) is 6.08 Å². The van der Waals surface area contributed by atoms with Gasteiger partial charge in [0.1, 0.15) is 0 Å². The minimum atomic E-state index is -0.736. The van der Waals surface area contributed by atoms with Gasteiger partial charge in [-0.15, -0.1) is 5.06 Å². The van der Waals surface area contributed by atoms with E-state index >= 15 is 0 Å². The Labute approximate surface area is 120 Å². The van der Waals surface area contributed by atoms with Crippen LogP contribution in [0.5, 0.6) is 0 Å². The molecule has 0 aromatic rings. The monoisotopic (exact) mass is 291 g/mol. The highest BCUT2D eigenvalue weighted by atomic mass is 16.7. The fourth-order valence-electron chi connectivity index (χ4n) is 1.95. The van der Waals surface area contributed by atoms with Crippen molar-refractivity contribution in [2.45, 2.75) is 32.1 Å². The maximum atomic E-state index is 11.5. The maximum absolute atomic E-state index is 11.5. The second-order valence-corrected chi connectivity index (χ2v) is 4.65. The Morgan fingerprint density at radius 3 is 2.48 bits per heavy atom. The largest absolute Gasteiger partial charge is 0.333 e. The van der Waals surface area contributed by atoms with E-state index in [-0.39, 0.29) is 43.7 Å². The molecule has 0 saturated carbocycles. The second-order valence-electron chi connectivity index (χ2n) is 4.65. The van der Waals surface area contributed by atoms with Crippen LogP contribution in [-0.2, 0) is 28.8 Å². The number of hydrogen-bond donors (Lipinski definition) is 0. The van der Waals surface area contributed by atoms with E-state index in [0.717, 1.165) is 0 Å². The first kappa shape index (κ1) is 14.8. The van der Waals surface area contributed by atoms with Gasteiger partial charge in [0.05, 0.1) is 6.42 Å². The Morgan fingerprint density at radius 1 is 1.14 bits per heavy atom. The van der Waals surface area contributed by atoms with Crippen molar-refractivity contribution in [1.82, 2.24) is 5.06 Å². The maximum Gasteiger partial charge on any atom is 0.333 e. The number of hydrogen-bond acceptors (Lipinski definition) is 6. The summed E-state index contributed by atoms with van der Waals surface area (Å²) in [5.74, 6) is -2.24. The summed E-state index contributed by atoms with van der Waals surface area (Å²) in [4.78, 5) is 61.3. The smallest absolute Gasteiger partial charge is 0.330 e. The second kappa shape index (κ2) is 6.25. The summed E-state index contributed by atoms with van der Waals surface area (Å²) in [5, 5.41) is 0.480. The van der Waals surface area contributed by atoms with E-state index in [2.05, 4.69) is 4.84 Å². The lowest BCUT2D eigenvalue weighted by molar-refractivity contribution is -0.197. The van der Waals surface area contributed by atoms with Crippen LogP contribution in [0.25, 0.3) is 0 Å². The standard InChI is InChI=1S/C14H13NO6/c16-10-4-5-11(17)9(8-10)2-1-3-14(20)21-15-12(18)6-7-13(15)19/h2,4-5H,1,3,6-8H2/b9-2-. The molecule has 0 spiro atoms. The molecule has 2 aliphatic rings. The Bertz CT molecular complexity index is 570. The minimum absolute atomic E-state index is 0.0213. The van der Waals surface area contributed by atoms with Crippen molar-refractivity contribution < 1.29 is 28.8 Å². The topological polar surface area (TPSA) is 97.8 Å². The van der Waals surface area contributed by atoms with E-state index in [1.54, 1.807) is 0 Å². The Morgan fingerprint density at radius 2 is 1.81 bits per heavy atom. The fourth-order valence-corrected chi connectivity index (χ4v) is 1.95. The number of ketones is 2. The normalized spacial score (nSPS) is 20.6. The molecule has 7 nitrogen and oxygen atoms in total. The molecular formula is C14H13NO6. The molecule has 0 radical (unpaired) electrons. The highest BCUT2D eigenvalue weighted by molar-refractivity contribution is 6.14. The van der Waals surface area contributed by atoms with Crippen molar-refractivity contribution in [3.8, 4) is 0 Å². The van der Waals surface area contributed by atoms with Crippen molar-refractivity contribution >= 4 is 29.4 Å². The number of carbonyl (C=O) groups is 5. The van der Waals surface area contributed by atoms with Gasteiger partial charge >= 0.3 is 5.97 Å². The molecule has 0 atom stereocenters. The van der Waals surface area contributed by atoms with Gasteiger partial charge < -0.3 is 4.84 Å². The van der Waals surface area contributed by atoms with E-state index in [4.69, 9.17) is 0 Å². The van der Waals surface area contributed by atoms with E-state index in [0.29, 0.717) is 10.6 Å². The van der Waals surface area contributed by atoms with E-state index < -0.39 is 17.8 Å². The van der Waals surface area contributed by atoms with E-state index in [1.165, 1.54) is 18.2 Å². The fraction of sp³-hybridized carbons (Fsp3) is 0.357. The number of carbonyl (C=O) groups excluding carboxylic acids is 5. The minimum Gasteiger partial charge on any atom is -0.330 e. The van der Waals surface area contributed by atoms with Crippen LogP contribution in [0.15, 0.2) is 23.8 Å². The lowest BCUT2D eigenvalue weighted by Gasteiger charge is -2.12. The van der Waals surface area contributed by atoms with Crippen LogP contribution in [0.2, 0.25) is 0 Å². The zero-order chi connectivity index (χ0) is 15.4. The first-order valence-electron chi connectivity index (χ1n) is 6.48. The van der Waals surface area contributed by atoms with Crippen molar-refractivity contribution in [2.24, 2.45) is 0 Å². The molecule has 110 valence electrons. The summed E-state index contributed by atoms with van der Waals surface area (Å²) in [7, 11) is 0. The van der Waals surface area contributed by atoms with Crippen molar-refractivity contribution in [2.75, 3.05) is 0 Å². The highest BCUT2D eigenvalue weighted by Crippen LogP contribution is 2.15. The zero-order valence-electron chi connectivity index (χ0n) is 11.2. The average molecular weight is 291 g/mol. The first-order valence-corrected chi connectivity index (χ1v) is 6.48. The molecule has 1 aliphatic carbocycles. The summed E-state index contributed by atoms with van der Waals surface area (Å²) >= 11 is 0. The average Bonchev–Trinajstić information content (AvgIpc) is 2.74. The number of rotatable bonds is 4. The molecule has 7 heteroatoms. The number of imide groups is 1. The summed E-state index contributed by atoms with van der Waals surface area (Å²) in [6.45, 7) is 0. The van der Waals surface area contributed by atoms with Gasteiger partial charge in [-0.25, -0.2) is 4.79 Å². The molecule has 0 bridgehead atoms. The Balaban J connectivity index is 1.83. The molecule has 2 amide bonds. The molecule has 1 aliphatic heterocycles. The van der Waals surface area contributed by atoms with Gasteiger partial charge in [0, 0.05) is 24.8 Å². The molecule has 0 N–H and O–H groups in total. The lowest BCUT2D eigenvalue weighted by Crippen LogP contribution is -2.31. The Kier molecular flexibility index (Phi) is 4.42. The molecule has 1 heterocycles. The predicted octanol–water partition coefficient (Wildman–Crippen LogP) is 0.398. The van der Waals surface area contributed by atoms with Crippen LogP contribution in [0.3, 0.4) is 0 Å². The third-order valence-corrected chi connectivity index (χ3v) is 3.04. The third kappa shape index (κ3) is 3.71. The molecule has 1 saturated heterocycles. The summed E-state index contributed by atoms with van der Waals surface area (Å²) < 4.78 is 0. The van der Waals surface area contributed by atoms with Crippen LogP contribution in [0.4, 0.5) is 0 Å².